The van der Waals surface area contributed by atoms with Gasteiger partial charge < -0.3 is 14.2 Å². The zero-order chi connectivity index (χ0) is 19.4. The number of carbonyl (C=O) groups excluding carboxylic acids is 2. The molecular formula is C21H28O5. The predicted octanol–water partition coefficient (Wildman–Crippen LogP) is 3.98. The predicted molar refractivity (Wildman–Crippen MR) is 100 cm³/mol. The zero-order valence-corrected chi connectivity index (χ0v) is 15.9. The molecule has 26 heavy (non-hydrogen) atoms. The van der Waals surface area contributed by atoms with Gasteiger partial charge in [0.15, 0.2) is 0 Å². The molecule has 0 fully saturated rings. The summed E-state index contributed by atoms with van der Waals surface area (Å²) < 4.78 is 16.6. The molecule has 5 heteroatoms. The van der Waals surface area contributed by atoms with Crippen LogP contribution in [0.25, 0.3) is 0 Å². The van der Waals surface area contributed by atoms with Gasteiger partial charge in [0.1, 0.15) is 12.2 Å². The fourth-order valence-corrected chi connectivity index (χ4v) is 2.37. The van der Waals surface area contributed by atoms with Crippen molar-refractivity contribution in [2.24, 2.45) is 0 Å². The van der Waals surface area contributed by atoms with Gasteiger partial charge in [0.05, 0.1) is 12.7 Å². The first-order valence-electron chi connectivity index (χ1n) is 8.71. The summed E-state index contributed by atoms with van der Waals surface area (Å²) in [5, 5.41) is 0. The normalized spacial score (nSPS) is 14.9. The molecule has 0 heterocycles. The van der Waals surface area contributed by atoms with Crippen molar-refractivity contribution in [2.45, 2.75) is 59.0 Å². The van der Waals surface area contributed by atoms with Gasteiger partial charge in [0.25, 0.3) is 0 Å². The smallest absolute Gasteiger partial charge is 0.303 e. The molecule has 0 bridgehead atoms. The Hall–Kier alpha value is -2.40. The third-order valence-electron chi connectivity index (χ3n) is 3.61. The first-order chi connectivity index (χ1) is 12.4. The topological polar surface area (TPSA) is 61.8 Å². The van der Waals surface area contributed by atoms with E-state index in [4.69, 9.17) is 14.2 Å². The summed E-state index contributed by atoms with van der Waals surface area (Å²) >= 11 is 0. The van der Waals surface area contributed by atoms with Crippen molar-refractivity contribution in [3.63, 3.8) is 0 Å². The minimum Gasteiger partial charge on any atom is -0.460 e. The Morgan fingerprint density at radius 1 is 1.04 bits per heavy atom. The minimum absolute atomic E-state index is 0.323. The van der Waals surface area contributed by atoms with E-state index in [-0.39, 0.29) is 12.1 Å². The molecule has 0 aromatic heterocycles. The third kappa shape index (κ3) is 9.18. The molecule has 142 valence electrons. The van der Waals surface area contributed by atoms with Crippen LogP contribution < -0.4 is 0 Å². The van der Waals surface area contributed by atoms with Crippen LogP contribution >= 0.6 is 0 Å². The van der Waals surface area contributed by atoms with Gasteiger partial charge in [-0.3, -0.25) is 9.59 Å². The number of rotatable bonds is 10. The molecule has 0 unspecified atom stereocenters. The fraction of sp³-hybridized carbons (Fsp3) is 0.429. The van der Waals surface area contributed by atoms with Gasteiger partial charge in [-0.2, -0.15) is 0 Å². The molecule has 0 spiro atoms. The monoisotopic (exact) mass is 360 g/mol. The van der Waals surface area contributed by atoms with E-state index in [0.717, 1.165) is 5.56 Å². The molecule has 5 nitrogen and oxygen atoms in total. The first kappa shape index (κ1) is 21.6. The summed E-state index contributed by atoms with van der Waals surface area (Å²) in [5.41, 5.74) is 1.03. The van der Waals surface area contributed by atoms with Crippen LogP contribution in [0.1, 0.15) is 39.7 Å². The molecule has 0 saturated heterocycles. The summed E-state index contributed by atoms with van der Waals surface area (Å²) in [7, 11) is 0. The number of esters is 2. The van der Waals surface area contributed by atoms with E-state index in [9.17, 15) is 9.59 Å². The van der Waals surface area contributed by atoms with E-state index < -0.39 is 18.2 Å². The van der Waals surface area contributed by atoms with Crippen molar-refractivity contribution in [1.29, 1.82) is 0 Å². The summed E-state index contributed by atoms with van der Waals surface area (Å²) in [6.07, 6.45) is 6.21. The van der Waals surface area contributed by atoms with Crippen molar-refractivity contribution in [3.05, 3.63) is 60.2 Å². The number of hydrogen-bond donors (Lipinski definition) is 0. The van der Waals surface area contributed by atoms with Crippen LogP contribution in [0.4, 0.5) is 0 Å². The van der Waals surface area contributed by atoms with Crippen LogP contribution in [-0.4, -0.2) is 30.3 Å². The summed E-state index contributed by atoms with van der Waals surface area (Å²) in [6.45, 7) is 6.86. The molecule has 0 amide bonds. The van der Waals surface area contributed by atoms with Gasteiger partial charge >= 0.3 is 11.9 Å². The Bertz CT molecular complexity index is 606. The van der Waals surface area contributed by atoms with Crippen molar-refractivity contribution in [3.8, 4) is 0 Å². The Kier molecular flexibility index (Phi) is 10.0. The van der Waals surface area contributed by atoms with E-state index in [1.807, 2.05) is 56.3 Å². The second kappa shape index (κ2) is 12.0. The van der Waals surface area contributed by atoms with E-state index in [0.29, 0.717) is 13.0 Å². The van der Waals surface area contributed by atoms with E-state index in [1.54, 1.807) is 12.2 Å². The highest BCUT2D eigenvalue weighted by atomic mass is 16.6. The second-order valence-electron chi connectivity index (χ2n) is 5.94. The average Bonchev–Trinajstić information content (AvgIpc) is 2.59. The molecule has 3 atom stereocenters. The molecule has 0 aliphatic rings. The number of benzene rings is 1. The Morgan fingerprint density at radius 2 is 1.69 bits per heavy atom. The quantitative estimate of drug-likeness (QED) is 0.466. The Labute approximate surface area is 155 Å². The van der Waals surface area contributed by atoms with Crippen LogP contribution in [0.5, 0.6) is 0 Å². The third-order valence-corrected chi connectivity index (χ3v) is 3.61. The van der Waals surface area contributed by atoms with Gasteiger partial charge in [-0.05, 0) is 25.5 Å². The molecule has 0 aliphatic heterocycles. The van der Waals surface area contributed by atoms with Gasteiger partial charge in [0.2, 0.25) is 0 Å². The number of ether oxygens (including phenoxy) is 3. The lowest BCUT2D eigenvalue weighted by molar-refractivity contribution is -0.159. The van der Waals surface area contributed by atoms with Crippen LogP contribution in [0.3, 0.4) is 0 Å². The standard InChI is InChI=1S/C21H28O5/c1-5-6-8-13-20(25-17(3)22)14-21(26-18(4)23)16(2)24-15-19-11-9-7-10-12-19/h5-13,16,20-21H,14-15H2,1-4H3/b6-5+,13-8+/t16-,20+,21-/m0/s1. The summed E-state index contributed by atoms with van der Waals surface area (Å²) in [5.74, 6) is -0.788. The van der Waals surface area contributed by atoms with Crippen LogP contribution in [0.15, 0.2) is 54.6 Å². The number of hydrogen-bond acceptors (Lipinski definition) is 5. The SMILES string of the molecule is C/C=C/C=C/[C@H](C[C@H](OC(C)=O)[C@H](C)OCc1ccccc1)OC(C)=O. The molecule has 1 rings (SSSR count). The Morgan fingerprint density at radius 3 is 2.27 bits per heavy atom. The lowest BCUT2D eigenvalue weighted by atomic mass is 10.1. The lowest BCUT2D eigenvalue weighted by Crippen LogP contribution is -2.35. The highest BCUT2D eigenvalue weighted by molar-refractivity contribution is 5.67. The van der Waals surface area contributed by atoms with Gasteiger partial charge in [-0.15, -0.1) is 0 Å². The van der Waals surface area contributed by atoms with Gasteiger partial charge in [-0.1, -0.05) is 48.6 Å². The lowest BCUT2D eigenvalue weighted by Gasteiger charge is -2.26. The van der Waals surface area contributed by atoms with Crippen molar-refractivity contribution >= 4 is 11.9 Å². The van der Waals surface area contributed by atoms with Crippen molar-refractivity contribution in [1.82, 2.24) is 0 Å². The molecule has 0 aliphatic carbocycles. The van der Waals surface area contributed by atoms with Crippen LogP contribution in [0, 0.1) is 0 Å². The van der Waals surface area contributed by atoms with Gasteiger partial charge in [-0.25, -0.2) is 0 Å². The maximum absolute atomic E-state index is 11.5. The van der Waals surface area contributed by atoms with Crippen LogP contribution in [0.2, 0.25) is 0 Å². The van der Waals surface area contributed by atoms with Crippen molar-refractivity contribution in [2.75, 3.05) is 0 Å². The van der Waals surface area contributed by atoms with Gasteiger partial charge in [0, 0.05) is 20.3 Å². The molecular weight excluding hydrogens is 332 g/mol. The fourth-order valence-electron chi connectivity index (χ4n) is 2.37. The van der Waals surface area contributed by atoms with E-state index >= 15 is 0 Å². The zero-order valence-electron chi connectivity index (χ0n) is 15.9. The van der Waals surface area contributed by atoms with Crippen molar-refractivity contribution < 1.29 is 23.8 Å². The average molecular weight is 360 g/mol. The second-order valence-corrected chi connectivity index (χ2v) is 5.94. The summed E-state index contributed by atoms with van der Waals surface area (Å²) in [6, 6.07) is 9.75. The highest BCUT2D eigenvalue weighted by Gasteiger charge is 2.25. The van der Waals surface area contributed by atoms with E-state index in [1.165, 1.54) is 13.8 Å². The highest BCUT2D eigenvalue weighted by Crippen LogP contribution is 2.16. The molecule has 0 radical (unpaired) electrons. The minimum atomic E-state index is -0.532. The van der Waals surface area contributed by atoms with Crippen LogP contribution in [-0.2, 0) is 30.4 Å². The first-order valence-corrected chi connectivity index (χ1v) is 8.71. The molecule has 1 aromatic carbocycles. The number of carbonyl (C=O) groups is 2. The summed E-state index contributed by atoms with van der Waals surface area (Å²) in [4.78, 5) is 22.8. The number of allylic oxidation sites excluding steroid dienone is 3. The maximum Gasteiger partial charge on any atom is 0.303 e. The molecule has 1 aromatic rings. The van der Waals surface area contributed by atoms with E-state index in [2.05, 4.69) is 0 Å². The Balaban J connectivity index is 2.77. The molecule has 0 saturated carbocycles. The molecule has 0 N–H and O–H groups in total. The maximum atomic E-state index is 11.5. The largest absolute Gasteiger partial charge is 0.460 e.